The highest BCUT2D eigenvalue weighted by atomic mass is 79.9. The number of benzene rings is 1. The summed E-state index contributed by atoms with van der Waals surface area (Å²) < 4.78 is 6.22. The maximum Gasteiger partial charge on any atom is 0.226 e. The first-order valence-corrected chi connectivity index (χ1v) is 7.62. The number of carbonyl (C=O) groups is 1. The SMILES string of the molecule is NC(=NCCC(=O)Nc1ccc(Br)cc1)N1CCOCC1. The number of halogens is 1. The number of morpholine rings is 1. The van der Waals surface area contributed by atoms with Gasteiger partial charge in [-0.2, -0.15) is 0 Å². The molecule has 1 aliphatic heterocycles. The van der Waals surface area contributed by atoms with E-state index in [4.69, 9.17) is 10.5 Å². The van der Waals surface area contributed by atoms with Gasteiger partial charge in [-0.05, 0) is 24.3 Å². The van der Waals surface area contributed by atoms with Crippen molar-refractivity contribution in [2.75, 3.05) is 38.2 Å². The minimum Gasteiger partial charge on any atom is -0.378 e. The Kier molecular flexibility index (Phi) is 6.01. The van der Waals surface area contributed by atoms with Crippen LogP contribution in [0, 0.1) is 0 Å². The summed E-state index contributed by atoms with van der Waals surface area (Å²) >= 11 is 3.35. The van der Waals surface area contributed by atoms with Crippen molar-refractivity contribution in [2.24, 2.45) is 10.7 Å². The molecule has 0 saturated carbocycles. The minimum atomic E-state index is -0.0733. The molecule has 7 heteroatoms. The number of nitrogens with one attached hydrogen (secondary N) is 1. The van der Waals surface area contributed by atoms with Crippen molar-refractivity contribution in [3.8, 4) is 0 Å². The van der Waals surface area contributed by atoms with Gasteiger partial charge in [0.2, 0.25) is 5.91 Å². The van der Waals surface area contributed by atoms with E-state index in [2.05, 4.69) is 26.2 Å². The van der Waals surface area contributed by atoms with E-state index in [1.807, 2.05) is 29.2 Å². The number of hydrogen-bond acceptors (Lipinski definition) is 3. The lowest BCUT2D eigenvalue weighted by Gasteiger charge is -2.27. The third-order valence-corrected chi connectivity index (χ3v) is 3.60. The Morgan fingerprint density at radius 2 is 2.00 bits per heavy atom. The zero-order chi connectivity index (χ0) is 15.1. The molecule has 0 atom stereocenters. The maximum atomic E-state index is 11.8. The molecule has 2 rings (SSSR count). The molecule has 6 nitrogen and oxygen atoms in total. The quantitative estimate of drug-likeness (QED) is 0.633. The van der Waals surface area contributed by atoms with Crippen molar-refractivity contribution in [3.05, 3.63) is 28.7 Å². The van der Waals surface area contributed by atoms with Gasteiger partial charge >= 0.3 is 0 Å². The van der Waals surface area contributed by atoms with Gasteiger partial charge < -0.3 is 20.7 Å². The van der Waals surface area contributed by atoms with Crippen LogP contribution in [-0.2, 0) is 9.53 Å². The molecule has 1 saturated heterocycles. The molecule has 0 radical (unpaired) electrons. The lowest BCUT2D eigenvalue weighted by molar-refractivity contribution is -0.116. The first-order chi connectivity index (χ1) is 10.1. The molecular weight excluding hydrogens is 336 g/mol. The van der Waals surface area contributed by atoms with E-state index < -0.39 is 0 Å². The van der Waals surface area contributed by atoms with E-state index in [1.54, 1.807) is 0 Å². The van der Waals surface area contributed by atoms with E-state index in [-0.39, 0.29) is 5.91 Å². The summed E-state index contributed by atoms with van der Waals surface area (Å²) in [4.78, 5) is 18.0. The lowest BCUT2D eigenvalue weighted by Crippen LogP contribution is -2.44. The largest absolute Gasteiger partial charge is 0.378 e. The molecule has 1 aromatic carbocycles. The molecule has 3 N–H and O–H groups in total. The van der Waals surface area contributed by atoms with Crippen molar-refractivity contribution >= 4 is 33.5 Å². The van der Waals surface area contributed by atoms with E-state index in [0.717, 1.165) is 23.2 Å². The highest BCUT2D eigenvalue weighted by molar-refractivity contribution is 9.10. The van der Waals surface area contributed by atoms with Crippen molar-refractivity contribution in [3.63, 3.8) is 0 Å². The Balaban J connectivity index is 1.74. The van der Waals surface area contributed by atoms with Crippen LogP contribution >= 0.6 is 15.9 Å². The molecule has 0 spiro atoms. The molecule has 114 valence electrons. The van der Waals surface area contributed by atoms with Gasteiger partial charge in [-0.25, -0.2) is 0 Å². The molecule has 0 bridgehead atoms. The summed E-state index contributed by atoms with van der Waals surface area (Å²) in [7, 11) is 0. The van der Waals surface area contributed by atoms with Crippen LogP contribution in [0.2, 0.25) is 0 Å². The van der Waals surface area contributed by atoms with E-state index in [9.17, 15) is 4.79 Å². The van der Waals surface area contributed by atoms with E-state index in [0.29, 0.717) is 32.1 Å². The molecule has 1 amide bonds. The predicted molar refractivity (Wildman–Crippen MR) is 86.3 cm³/mol. The smallest absolute Gasteiger partial charge is 0.226 e. The molecular formula is C14H19BrN4O2. The van der Waals surface area contributed by atoms with Gasteiger partial charge in [0, 0.05) is 29.7 Å². The van der Waals surface area contributed by atoms with Crippen LogP contribution in [0.4, 0.5) is 5.69 Å². The number of ether oxygens (including phenoxy) is 1. The lowest BCUT2D eigenvalue weighted by atomic mass is 10.3. The molecule has 1 aliphatic rings. The van der Waals surface area contributed by atoms with Crippen LogP contribution in [0.1, 0.15) is 6.42 Å². The maximum absolute atomic E-state index is 11.8. The Morgan fingerprint density at radius 1 is 1.33 bits per heavy atom. The number of anilines is 1. The number of amides is 1. The fourth-order valence-corrected chi connectivity index (χ4v) is 2.19. The van der Waals surface area contributed by atoms with Crippen LogP contribution in [0.3, 0.4) is 0 Å². The topological polar surface area (TPSA) is 79.9 Å². The van der Waals surface area contributed by atoms with Gasteiger partial charge in [-0.15, -0.1) is 0 Å². The number of nitrogens with two attached hydrogens (primary N) is 1. The van der Waals surface area contributed by atoms with Gasteiger partial charge in [0.25, 0.3) is 0 Å². The van der Waals surface area contributed by atoms with Crippen LogP contribution in [0.5, 0.6) is 0 Å². The Labute approximate surface area is 132 Å². The summed E-state index contributed by atoms with van der Waals surface area (Å²) in [6, 6.07) is 7.44. The van der Waals surface area contributed by atoms with Crippen molar-refractivity contribution in [2.45, 2.75) is 6.42 Å². The third-order valence-electron chi connectivity index (χ3n) is 3.08. The summed E-state index contributed by atoms with van der Waals surface area (Å²) in [5.74, 6) is 0.408. The average Bonchev–Trinajstić information content (AvgIpc) is 2.50. The van der Waals surface area contributed by atoms with Crippen molar-refractivity contribution in [1.29, 1.82) is 0 Å². The number of carbonyl (C=O) groups excluding carboxylic acids is 1. The highest BCUT2D eigenvalue weighted by Gasteiger charge is 2.12. The number of aliphatic imine (C=N–C) groups is 1. The Morgan fingerprint density at radius 3 is 2.67 bits per heavy atom. The normalized spacial score (nSPS) is 15.9. The second-order valence-corrected chi connectivity index (χ2v) is 5.56. The molecule has 1 aromatic rings. The summed E-state index contributed by atoms with van der Waals surface area (Å²) in [5, 5.41) is 2.82. The monoisotopic (exact) mass is 354 g/mol. The van der Waals surface area contributed by atoms with Gasteiger partial charge in [-0.3, -0.25) is 9.79 Å². The average molecular weight is 355 g/mol. The van der Waals surface area contributed by atoms with Crippen molar-refractivity contribution in [1.82, 2.24) is 4.90 Å². The molecule has 0 aliphatic carbocycles. The first kappa shape index (κ1) is 15.8. The minimum absolute atomic E-state index is 0.0733. The summed E-state index contributed by atoms with van der Waals surface area (Å²) in [6.07, 6.45) is 0.307. The number of rotatable bonds is 4. The fourth-order valence-electron chi connectivity index (χ4n) is 1.92. The van der Waals surface area contributed by atoms with Gasteiger partial charge in [-0.1, -0.05) is 15.9 Å². The molecule has 21 heavy (non-hydrogen) atoms. The Bertz CT molecular complexity index is 498. The number of guanidine groups is 1. The molecule has 1 heterocycles. The van der Waals surface area contributed by atoms with Crippen LogP contribution in [0.15, 0.2) is 33.7 Å². The Hall–Kier alpha value is -1.60. The zero-order valence-corrected chi connectivity index (χ0v) is 13.3. The second-order valence-electron chi connectivity index (χ2n) is 4.64. The first-order valence-electron chi connectivity index (χ1n) is 6.83. The third kappa shape index (κ3) is 5.35. The zero-order valence-electron chi connectivity index (χ0n) is 11.7. The number of hydrogen-bond donors (Lipinski definition) is 2. The van der Waals surface area contributed by atoms with Crippen LogP contribution in [-0.4, -0.2) is 49.6 Å². The van der Waals surface area contributed by atoms with E-state index >= 15 is 0 Å². The molecule has 1 fully saturated rings. The van der Waals surface area contributed by atoms with Gasteiger partial charge in [0.15, 0.2) is 5.96 Å². The van der Waals surface area contributed by atoms with Gasteiger partial charge in [0.1, 0.15) is 0 Å². The molecule has 0 unspecified atom stereocenters. The fraction of sp³-hybridized carbons (Fsp3) is 0.429. The van der Waals surface area contributed by atoms with Crippen molar-refractivity contribution < 1.29 is 9.53 Å². The summed E-state index contributed by atoms with van der Waals surface area (Å²) in [6.45, 7) is 3.22. The van der Waals surface area contributed by atoms with Gasteiger partial charge in [0.05, 0.1) is 19.8 Å². The van der Waals surface area contributed by atoms with Crippen LogP contribution < -0.4 is 11.1 Å². The predicted octanol–water partition coefficient (Wildman–Crippen LogP) is 1.42. The second kappa shape index (κ2) is 7.99. The summed E-state index contributed by atoms with van der Waals surface area (Å²) in [5.41, 5.74) is 6.66. The highest BCUT2D eigenvalue weighted by Crippen LogP contribution is 2.14. The molecule has 0 aromatic heterocycles. The van der Waals surface area contributed by atoms with E-state index in [1.165, 1.54) is 0 Å². The standard InChI is InChI=1S/C14H19BrN4O2/c15-11-1-3-12(4-2-11)18-13(20)5-6-17-14(16)19-7-9-21-10-8-19/h1-4H,5-10H2,(H2,16,17)(H,18,20). The van der Waals surface area contributed by atoms with Crippen LogP contribution in [0.25, 0.3) is 0 Å². The number of nitrogens with zero attached hydrogens (tertiary/aromatic N) is 2.